The van der Waals surface area contributed by atoms with Gasteiger partial charge in [-0.3, -0.25) is 4.79 Å². The van der Waals surface area contributed by atoms with Crippen LogP contribution in [0.1, 0.15) is 70.6 Å². The highest BCUT2D eigenvalue weighted by Crippen LogP contribution is 2.30. The SMILES string of the molecule is O=C([O-])[C@H]1CCCC[C@H]1C(=O)NC1CCCCCCC1. The van der Waals surface area contributed by atoms with E-state index in [-0.39, 0.29) is 17.9 Å². The summed E-state index contributed by atoms with van der Waals surface area (Å²) in [7, 11) is 0. The third-order valence-corrected chi connectivity index (χ3v) is 4.86. The molecule has 4 heteroatoms. The van der Waals surface area contributed by atoms with Gasteiger partial charge in [-0.25, -0.2) is 0 Å². The summed E-state index contributed by atoms with van der Waals surface area (Å²) in [5, 5.41) is 14.3. The van der Waals surface area contributed by atoms with Crippen LogP contribution in [0.5, 0.6) is 0 Å². The molecule has 4 nitrogen and oxygen atoms in total. The quantitative estimate of drug-likeness (QED) is 0.856. The van der Waals surface area contributed by atoms with Crippen LogP contribution in [0.25, 0.3) is 0 Å². The number of carboxylic acid groups (broad SMARTS) is 1. The fourth-order valence-electron chi connectivity index (χ4n) is 3.64. The Morgan fingerprint density at radius 2 is 1.25 bits per heavy atom. The molecule has 2 fully saturated rings. The lowest BCUT2D eigenvalue weighted by atomic mass is 9.78. The third-order valence-electron chi connectivity index (χ3n) is 4.86. The standard InChI is InChI=1S/C16H27NO3/c18-15(13-10-6-7-11-14(13)16(19)20)17-12-8-4-2-1-3-5-9-12/h12-14H,1-11H2,(H,17,18)(H,19,20)/p-1/t13-,14+/m1/s1. The fourth-order valence-corrected chi connectivity index (χ4v) is 3.64. The van der Waals surface area contributed by atoms with E-state index in [1.165, 1.54) is 32.1 Å². The molecule has 0 bridgehead atoms. The van der Waals surface area contributed by atoms with Crippen LogP contribution >= 0.6 is 0 Å². The van der Waals surface area contributed by atoms with Gasteiger partial charge in [-0.1, -0.05) is 44.9 Å². The van der Waals surface area contributed by atoms with Crippen LogP contribution in [-0.4, -0.2) is 17.9 Å². The van der Waals surface area contributed by atoms with E-state index in [0.29, 0.717) is 12.8 Å². The topological polar surface area (TPSA) is 69.2 Å². The van der Waals surface area contributed by atoms with Crippen molar-refractivity contribution in [2.24, 2.45) is 11.8 Å². The van der Waals surface area contributed by atoms with Crippen LogP contribution in [0.15, 0.2) is 0 Å². The minimum absolute atomic E-state index is 0.0514. The van der Waals surface area contributed by atoms with Gasteiger partial charge in [0, 0.05) is 23.8 Å². The number of carboxylic acids is 1. The molecular weight excluding hydrogens is 254 g/mol. The summed E-state index contributed by atoms with van der Waals surface area (Å²) in [6, 6.07) is 0.243. The van der Waals surface area contributed by atoms with Crippen LogP contribution in [0.3, 0.4) is 0 Å². The first kappa shape index (κ1) is 15.3. The molecule has 0 radical (unpaired) electrons. The van der Waals surface area contributed by atoms with Gasteiger partial charge in [-0.15, -0.1) is 0 Å². The number of aliphatic carboxylic acids is 1. The molecule has 2 aliphatic rings. The summed E-state index contributed by atoms with van der Waals surface area (Å²) < 4.78 is 0. The minimum Gasteiger partial charge on any atom is -0.550 e. The van der Waals surface area contributed by atoms with E-state index in [2.05, 4.69) is 5.32 Å². The highest BCUT2D eigenvalue weighted by atomic mass is 16.4. The van der Waals surface area contributed by atoms with Gasteiger partial charge >= 0.3 is 0 Å². The normalized spacial score (nSPS) is 29.2. The lowest BCUT2D eigenvalue weighted by molar-refractivity contribution is -0.314. The second-order valence-corrected chi connectivity index (χ2v) is 6.37. The zero-order valence-electron chi connectivity index (χ0n) is 12.2. The summed E-state index contributed by atoms with van der Waals surface area (Å²) in [5.74, 6) is -2.07. The van der Waals surface area contributed by atoms with Crippen molar-refractivity contribution in [2.45, 2.75) is 76.7 Å². The maximum Gasteiger partial charge on any atom is 0.223 e. The summed E-state index contributed by atoms with van der Waals surface area (Å²) in [6.45, 7) is 0. The van der Waals surface area contributed by atoms with Crippen molar-refractivity contribution in [3.05, 3.63) is 0 Å². The van der Waals surface area contributed by atoms with Crippen LogP contribution in [0.4, 0.5) is 0 Å². The molecule has 1 amide bonds. The number of hydrogen-bond donors (Lipinski definition) is 1. The number of amides is 1. The number of hydrogen-bond acceptors (Lipinski definition) is 3. The molecule has 0 aromatic rings. The first-order valence-corrected chi connectivity index (χ1v) is 8.19. The molecule has 0 aromatic heterocycles. The molecule has 0 aliphatic heterocycles. The van der Waals surface area contributed by atoms with Gasteiger partial charge in [0.25, 0.3) is 0 Å². The van der Waals surface area contributed by atoms with E-state index in [1.807, 2.05) is 0 Å². The van der Waals surface area contributed by atoms with Gasteiger partial charge in [0.2, 0.25) is 5.91 Å². The summed E-state index contributed by atoms with van der Waals surface area (Å²) >= 11 is 0. The molecule has 1 N–H and O–H groups in total. The van der Waals surface area contributed by atoms with Gasteiger partial charge < -0.3 is 15.2 Å². The Kier molecular flexibility index (Phi) is 5.86. The van der Waals surface area contributed by atoms with Gasteiger partial charge in [0.05, 0.1) is 0 Å². The average molecular weight is 280 g/mol. The minimum atomic E-state index is -1.05. The molecule has 0 saturated heterocycles. The number of nitrogens with one attached hydrogen (secondary N) is 1. The predicted molar refractivity (Wildman–Crippen MR) is 74.7 cm³/mol. The Bertz CT molecular complexity index is 335. The first-order chi connectivity index (χ1) is 9.68. The Morgan fingerprint density at radius 3 is 1.85 bits per heavy atom. The maximum atomic E-state index is 12.4. The van der Waals surface area contributed by atoms with Crippen molar-refractivity contribution in [3.8, 4) is 0 Å². The number of carbonyl (C=O) groups is 2. The van der Waals surface area contributed by atoms with Crippen LogP contribution in [0.2, 0.25) is 0 Å². The average Bonchev–Trinajstić information content (AvgIpc) is 2.41. The van der Waals surface area contributed by atoms with E-state index in [9.17, 15) is 14.7 Å². The molecule has 20 heavy (non-hydrogen) atoms. The molecule has 2 rings (SSSR count). The van der Waals surface area contributed by atoms with Crippen molar-refractivity contribution in [1.82, 2.24) is 5.32 Å². The molecular formula is C16H26NO3-. The predicted octanol–water partition coefficient (Wildman–Crippen LogP) is 1.77. The van der Waals surface area contributed by atoms with Gasteiger partial charge in [-0.05, 0) is 25.7 Å². The van der Waals surface area contributed by atoms with E-state index < -0.39 is 11.9 Å². The van der Waals surface area contributed by atoms with Crippen LogP contribution in [0, 0.1) is 11.8 Å². The van der Waals surface area contributed by atoms with E-state index in [1.54, 1.807) is 0 Å². The van der Waals surface area contributed by atoms with Crippen molar-refractivity contribution in [1.29, 1.82) is 0 Å². The zero-order chi connectivity index (χ0) is 14.4. The Hall–Kier alpha value is -1.06. The molecule has 0 heterocycles. The second kappa shape index (κ2) is 7.65. The molecule has 0 aromatic carbocycles. The Morgan fingerprint density at radius 1 is 0.750 bits per heavy atom. The van der Waals surface area contributed by atoms with Crippen LogP contribution < -0.4 is 10.4 Å². The highest BCUT2D eigenvalue weighted by Gasteiger charge is 2.32. The third kappa shape index (κ3) is 4.22. The maximum absolute atomic E-state index is 12.4. The molecule has 2 saturated carbocycles. The largest absolute Gasteiger partial charge is 0.550 e. The van der Waals surface area contributed by atoms with Crippen molar-refractivity contribution >= 4 is 11.9 Å². The molecule has 0 spiro atoms. The summed E-state index contributed by atoms with van der Waals surface area (Å²) in [6.07, 6.45) is 11.3. The molecule has 114 valence electrons. The van der Waals surface area contributed by atoms with Crippen molar-refractivity contribution in [2.75, 3.05) is 0 Å². The molecule has 2 atom stereocenters. The monoisotopic (exact) mass is 280 g/mol. The van der Waals surface area contributed by atoms with E-state index in [4.69, 9.17) is 0 Å². The lowest BCUT2D eigenvalue weighted by Gasteiger charge is -2.32. The molecule has 2 aliphatic carbocycles. The van der Waals surface area contributed by atoms with Gasteiger partial charge in [0.1, 0.15) is 0 Å². The summed E-state index contributed by atoms with van der Waals surface area (Å²) in [5.41, 5.74) is 0. The molecule has 0 unspecified atom stereocenters. The Labute approximate surface area is 121 Å². The van der Waals surface area contributed by atoms with Crippen molar-refractivity contribution < 1.29 is 14.7 Å². The van der Waals surface area contributed by atoms with Crippen molar-refractivity contribution in [3.63, 3.8) is 0 Å². The first-order valence-electron chi connectivity index (χ1n) is 8.19. The fraction of sp³-hybridized carbons (Fsp3) is 0.875. The second-order valence-electron chi connectivity index (χ2n) is 6.37. The van der Waals surface area contributed by atoms with Crippen LogP contribution in [-0.2, 0) is 9.59 Å². The highest BCUT2D eigenvalue weighted by molar-refractivity contribution is 5.84. The number of carbonyl (C=O) groups excluding carboxylic acids is 2. The van der Waals surface area contributed by atoms with Gasteiger partial charge in [0.15, 0.2) is 0 Å². The Balaban J connectivity index is 1.89. The van der Waals surface area contributed by atoms with Gasteiger partial charge in [-0.2, -0.15) is 0 Å². The number of rotatable bonds is 3. The zero-order valence-corrected chi connectivity index (χ0v) is 12.2. The smallest absolute Gasteiger partial charge is 0.223 e. The van der Waals surface area contributed by atoms with E-state index in [0.717, 1.165) is 25.7 Å². The summed E-state index contributed by atoms with van der Waals surface area (Å²) in [4.78, 5) is 23.5. The van der Waals surface area contributed by atoms with E-state index >= 15 is 0 Å². The lowest BCUT2D eigenvalue weighted by Crippen LogP contribution is -2.47.